The molecule has 0 radical (unpaired) electrons. The molecule has 144 valence electrons. The van der Waals surface area contributed by atoms with Gasteiger partial charge < -0.3 is 14.8 Å². The topological polar surface area (TPSA) is 63.1 Å². The van der Waals surface area contributed by atoms with E-state index in [0.29, 0.717) is 23.8 Å². The highest BCUT2D eigenvalue weighted by molar-refractivity contribution is 6.31. The number of benzene rings is 1. The molecule has 9 heteroatoms. The third kappa shape index (κ3) is 4.19. The van der Waals surface area contributed by atoms with Crippen LogP contribution in [0.2, 0.25) is 5.02 Å². The first-order valence-corrected chi connectivity index (χ1v) is 8.56. The van der Waals surface area contributed by atoms with E-state index in [-0.39, 0.29) is 36.8 Å². The number of nitrogens with one attached hydrogen (secondary N) is 1. The largest absolute Gasteiger partial charge is 0.336 e. The van der Waals surface area contributed by atoms with Crippen LogP contribution in [-0.4, -0.2) is 45.0 Å². The number of rotatable bonds is 2. The molecule has 1 unspecified atom stereocenters. The van der Waals surface area contributed by atoms with Gasteiger partial charge >= 0.3 is 0 Å². The molecule has 1 N–H and O–H groups in total. The summed E-state index contributed by atoms with van der Waals surface area (Å²) >= 11 is 6.05. The van der Waals surface area contributed by atoms with Crippen LogP contribution in [0.15, 0.2) is 42.7 Å². The van der Waals surface area contributed by atoms with Gasteiger partial charge in [-0.25, -0.2) is 9.97 Å². The van der Waals surface area contributed by atoms with E-state index in [9.17, 15) is 4.79 Å². The maximum atomic E-state index is 13.1. The van der Waals surface area contributed by atoms with Gasteiger partial charge in [-0.1, -0.05) is 23.7 Å². The number of pyridine rings is 1. The van der Waals surface area contributed by atoms with Crippen LogP contribution in [-0.2, 0) is 7.05 Å². The van der Waals surface area contributed by atoms with Gasteiger partial charge in [-0.2, -0.15) is 0 Å². The molecule has 1 saturated heterocycles. The minimum absolute atomic E-state index is 0. The highest BCUT2D eigenvalue weighted by Crippen LogP contribution is 2.24. The minimum atomic E-state index is -0.113. The van der Waals surface area contributed by atoms with E-state index >= 15 is 0 Å². The highest BCUT2D eigenvalue weighted by atomic mass is 35.5. The summed E-state index contributed by atoms with van der Waals surface area (Å²) in [4.78, 5) is 23.9. The fourth-order valence-corrected chi connectivity index (χ4v) is 3.40. The van der Waals surface area contributed by atoms with Crippen molar-refractivity contribution < 1.29 is 4.79 Å². The van der Waals surface area contributed by atoms with Crippen LogP contribution >= 0.6 is 36.4 Å². The molecule has 2 aromatic heterocycles. The molecule has 1 aliphatic heterocycles. The normalized spacial score (nSPS) is 16.5. The van der Waals surface area contributed by atoms with Gasteiger partial charge in [-0.05, 0) is 18.2 Å². The second kappa shape index (κ2) is 8.89. The van der Waals surface area contributed by atoms with E-state index in [2.05, 4.69) is 15.3 Å². The molecule has 0 bridgehead atoms. The number of aryl methyl sites for hydroxylation is 1. The number of carbonyl (C=O) groups is 1. The van der Waals surface area contributed by atoms with Gasteiger partial charge in [0.05, 0.1) is 5.52 Å². The number of nitrogens with zero attached hydrogens (tertiary/aromatic N) is 4. The Morgan fingerprint density at radius 3 is 2.78 bits per heavy atom. The Kier molecular flexibility index (Phi) is 7.06. The van der Waals surface area contributed by atoms with E-state index in [1.165, 1.54) is 0 Å². The van der Waals surface area contributed by atoms with Crippen molar-refractivity contribution in [2.45, 2.75) is 6.04 Å². The molecule has 3 aromatic rings. The first kappa shape index (κ1) is 21.4. The Bertz CT molecular complexity index is 946. The minimum Gasteiger partial charge on any atom is -0.336 e. The zero-order valence-corrected chi connectivity index (χ0v) is 17.0. The van der Waals surface area contributed by atoms with Crippen LogP contribution in [0.5, 0.6) is 0 Å². The molecule has 0 saturated carbocycles. The van der Waals surface area contributed by atoms with E-state index in [4.69, 9.17) is 11.6 Å². The van der Waals surface area contributed by atoms with Crippen molar-refractivity contribution in [1.29, 1.82) is 0 Å². The van der Waals surface area contributed by atoms with Crippen LogP contribution in [0.25, 0.3) is 10.9 Å². The fraction of sp³-hybridized carbons (Fsp3) is 0.278. The zero-order chi connectivity index (χ0) is 17.4. The van der Waals surface area contributed by atoms with Crippen molar-refractivity contribution >= 4 is 53.2 Å². The molecule has 0 aliphatic carbocycles. The number of fused-ring (bicyclic) bond motifs is 1. The molecule has 4 rings (SSSR count). The van der Waals surface area contributed by atoms with Crippen molar-refractivity contribution in [2.75, 3.05) is 19.6 Å². The number of hydrogen-bond donors (Lipinski definition) is 1. The SMILES string of the molecule is Cl.Cl.Cn1ccnc1C1CNCCN1C(=O)c1ccc2ccc(Cl)cc2n1. The predicted molar refractivity (Wildman–Crippen MR) is 111 cm³/mol. The Labute approximate surface area is 174 Å². The quantitative estimate of drug-likeness (QED) is 0.680. The highest BCUT2D eigenvalue weighted by Gasteiger charge is 2.31. The summed E-state index contributed by atoms with van der Waals surface area (Å²) in [5.41, 5.74) is 1.15. The summed E-state index contributed by atoms with van der Waals surface area (Å²) in [6.45, 7) is 2.05. The number of carbonyl (C=O) groups excluding carboxylic acids is 1. The molecular weight excluding hydrogens is 409 g/mol. The molecule has 27 heavy (non-hydrogen) atoms. The Hall–Kier alpha value is -1.86. The Morgan fingerprint density at radius 1 is 1.26 bits per heavy atom. The summed E-state index contributed by atoms with van der Waals surface area (Å²) < 4.78 is 1.95. The summed E-state index contributed by atoms with van der Waals surface area (Å²) in [7, 11) is 1.94. The Morgan fingerprint density at radius 2 is 2.04 bits per heavy atom. The van der Waals surface area contributed by atoms with E-state index in [0.717, 1.165) is 23.3 Å². The van der Waals surface area contributed by atoms with E-state index in [1.54, 1.807) is 18.3 Å². The smallest absolute Gasteiger partial charge is 0.273 e. The maximum absolute atomic E-state index is 13.1. The molecule has 3 heterocycles. The van der Waals surface area contributed by atoms with E-state index < -0.39 is 0 Å². The average Bonchev–Trinajstić information content (AvgIpc) is 3.06. The van der Waals surface area contributed by atoms with Crippen LogP contribution in [0.4, 0.5) is 0 Å². The fourth-order valence-electron chi connectivity index (χ4n) is 3.23. The van der Waals surface area contributed by atoms with Gasteiger partial charge in [0.2, 0.25) is 0 Å². The summed E-state index contributed by atoms with van der Waals surface area (Å²) in [5, 5.41) is 4.91. The van der Waals surface area contributed by atoms with Gasteiger partial charge in [-0.3, -0.25) is 4.79 Å². The van der Waals surface area contributed by atoms with Crippen LogP contribution in [0.3, 0.4) is 0 Å². The summed E-state index contributed by atoms with van der Waals surface area (Å²) in [5.74, 6) is 0.778. The number of aromatic nitrogens is 3. The van der Waals surface area contributed by atoms with Gasteiger partial charge in [-0.15, -0.1) is 24.8 Å². The Balaban J connectivity index is 0.00000131. The maximum Gasteiger partial charge on any atom is 0.273 e. The number of halogens is 3. The number of hydrogen-bond acceptors (Lipinski definition) is 4. The second-order valence-electron chi connectivity index (χ2n) is 6.15. The average molecular weight is 429 g/mol. The first-order chi connectivity index (χ1) is 12.1. The molecule has 1 aliphatic rings. The van der Waals surface area contributed by atoms with Crippen molar-refractivity contribution in [3.05, 3.63) is 59.3 Å². The van der Waals surface area contributed by atoms with Crippen molar-refractivity contribution in [2.24, 2.45) is 7.05 Å². The number of piperazine rings is 1. The lowest BCUT2D eigenvalue weighted by molar-refractivity contribution is 0.0615. The molecule has 1 atom stereocenters. The van der Waals surface area contributed by atoms with Crippen molar-refractivity contribution in [3.8, 4) is 0 Å². The molecule has 1 aromatic carbocycles. The molecule has 1 fully saturated rings. The van der Waals surface area contributed by atoms with Gasteiger partial charge in [0.15, 0.2) is 0 Å². The van der Waals surface area contributed by atoms with Gasteiger partial charge in [0.1, 0.15) is 17.6 Å². The molecule has 6 nitrogen and oxygen atoms in total. The van der Waals surface area contributed by atoms with E-state index in [1.807, 2.05) is 40.9 Å². The third-order valence-electron chi connectivity index (χ3n) is 4.53. The van der Waals surface area contributed by atoms with Crippen LogP contribution in [0, 0.1) is 0 Å². The van der Waals surface area contributed by atoms with Crippen molar-refractivity contribution in [3.63, 3.8) is 0 Å². The molecule has 1 amide bonds. The van der Waals surface area contributed by atoms with Crippen molar-refractivity contribution in [1.82, 2.24) is 24.8 Å². The third-order valence-corrected chi connectivity index (χ3v) is 4.77. The van der Waals surface area contributed by atoms with Crippen LogP contribution < -0.4 is 5.32 Å². The summed E-state index contributed by atoms with van der Waals surface area (Å²) in [6, 6.07) is 9.07. The first-order valence-electron chi connectivity index (χ1n) is 8.19. The lowest BCUT2D eigenvalue weighted by Crippen LogP contribution is -2.49. The lowest BCUT2D eigenvalue weighted by atomic mass is 10.1. The molecule has 0 spiro atoms. The zero-order valence-electron chi connectivity index (χ0n) is 14.6. The standard InChI is InChI=1S/C18H18ClN5O.2ClH/c1-23-8-7-21-17(23)16-11-20-6-9-24(16)18(25)14-5-3-12-2-4-13(19)10-15(12)22-14;;/h2-5,7-8,10,16,20H,6,9,11H2,1H3;2*1H. The number of imidazole rings is 1. The monoisotopic (exact) mass is 427 g/mol. The van der Waals surface area contributed by atoms with Gasteiger partial charge in [0.25, 0.3) is 5.91 Å². The lowest BCUT2D eigenvalue weighted by Gasteiger charge is -2.35. The van der Waals surface area contributed by atoms with Crippen LogP contribution in [0.1, 0.15) is 22.4 Å². The second-order valence-corrected chi connectivity index (χ2v) is 6.58. The summed E-state index contributed by atoms with van der Waals surface area (Å²) in [6.07, 6.45) is 3.64. The molecular formula is C18H20Cl3N5O. The van der Waals surface area contributed by atoms with Gasteiger partial charge in [0, 0.05) is 49.5 Å². The number of amides is 1. The predicted octanol–water partition coefficient (Wildman–Crippen LogP) is 3.25.